The molecule has 1 spiro atoms. The molecule has 1 aliphatic carbocycles. The number of hydrogen-bond donors (Lipinski definition) is 2. The predicted octanol–water partition coefficient (Wildman–Crippen LogP) is -0.407. The first-order chi connectivity index (χ1) is 6.84. The monoisotopic (exact) mass is 216 g/mol. The summed E-state index contributed by atoms with van der Waals surface area (Å²) >= 11 is 0. The van der Waals surface area contributed by atoms with Crippen LogP contribution in [-0.4, -0.2) is 46.2 Å². The fourth-order valence-electron chi connectivity index (χ4n) is 2.27. The first kappa shape index (κ1) is 11.0. The van der Waals surface area contributed by atoms with E-state index in [-0.39, 0.29) is 25.2 Å². The van der Waals surface area contributed by atoms with Gasteiger partial charge in [-0.15, -0.1) is 0 Å². The molecule has 0 aromatic carbocycles. The van der Waals surface area contributed by atoms with Crippen LogP contribution < -0.4 is 0 Å². The molecule has 0 bridgehead atoms. The number of aliphatic hydroxyl groups excluding tert-OH is 2. The number of carbonyl (C=O) groups is 1. The predicted molar refractivity (Wildman–Crippen MR) is 50.1 cm³/mol. The highest BCUT2D eigenvalue weighted by Gasteiger charge is 2.52. The summed E-state index contributed by atoms with van der Waals surface area (Å²) in [5, 5.41) is 18.9. The van der Waals surface area contributed by atoms with E-state index in [9.17, 15) is 15.0 Å². The molecule has 5 heteroatoms. The van der Waals surface area contributed by atoms with Crippen molar-refractivity contribution in [1.82, 2.24) is 0 Å². The summed E-state index contributed by atoms with van der Waals surface area (Å²) in [5.41, 5.74) is -0.751. The number of ketones is 1. The topological polar surface area (TPSA) is 76.0 Å². The highest BCUT2D eigenvalue weighted by Crippen LogP contribution is 2.40. The quantitative estimate of drug-likeness (QED) is 0.576. The Morgan fingerprint density at radius 3 is 2.53 bits per heavy atom. The molecule has 0 amide bonds. The van der Waals surface area contributed by atoms with Crippen molar-refractivity contribution in [3.8, 4) is 0 Å². The van der Waals surface area contributed by atoms with Crippen molar-refractivity contribution in [1.29, 1.82) is 0 Å². The van der Waals surface area contributed by atoms with Gasteiger partial charge in [0.05, 0.1) is 12.7 Å². The van der Waals surface area contributed by atoms with Gasteiger partial charge in [-0.05, 0) is 13.8 Å². The van der Waals surface area contributed by atoms with Crippen molar-refractivity contribution >= 4 is 5.78 Å². The van der Waals surface area contributed by atoms with Gasteiger partial charge < -0.3 is 19.7 Å². The second kappa shape index (κ2) is 3.25. The summed E-state index contributed by atoms with van der Waals surface area (Å²) < 4.78 is 11.1. The van der Waals surface area contributed by atoms with E-state index in [0.29, 0.717) is 0 Å². The van der Waals surface area contributed by atoms with Crippen LogP contribution in [0, 0.1) is 0 Å². The Bertz CT molecular complexity index is 288. The number of hydrogen-bond acceptors (Lipinski definition) is 5. The number of rotatable bonds is 0. The van der Waals surface area contributed by atoms with Crippen LogP contribution in [0.1, 0.15) is 26.7 Å². The SMILES string of the molecule is CC1(C)OC[C@]2(CC(=O)[C@H](O)[C@H](O)C2)O1. The number of carbonyl (C=O) groups excluding carboxylic acids is 1. The molecular weight excluding hydrogens is 200 g/mol. The standard InChI is InChI=1S/C10H16O5/c1-9(2)14-5-10(15-9)3-6(11)8(13)7(12)4-10/h6,8,11,13H,3-5H2,1-2H3/t6-,8-,10+/m1/s1. The van der Waals surface area contributed by atoms with E-state index >= 15 is 0 Å². The van der Waals surface area contributed by atoms with E-state index in [2.05, 4.69) is 0 Å². The van der Waals surface area contributed by atoms with Gasteiger partial charge in [0.1, 0.15) is 11.7 Å². The molecule has 1 saturated carbocycles. The Labute approximate surface area is 88.0 Å². The van der Waals surface area contributed by atoms with Gasteiger partial charge in [-0.25, -0.2) is 0 Å². The van der Waals surface area contributed by atoms with Crippen molar-refractivity contribution in [2.75, 3.05) is 6.61 Å². The molecule has 5 nitrogen and oxygen atoms in total. The minimum atomic E-state index is -1.28. The second-order valence-corrected chi connectivity index (χ2v) is 4.83. The lowest BCUT2D eigenvalue weighted by Crippen LogP contribution is -2.52. The second-order valence-electron chi connectivity index (χ2n) is 4.83. The van der Waals surface area contributed by atoms with Crippen LogP contribution in [0.5, 0.6) is 0 Å². The van der Waals surface area contributed by atoms with Gasteiger partial charge in [0, 0.05) is 12.8 Å². The van der Waals surface area contributed by atoms with E-state index in [1.165, 1.54) is 0 Å². The van der Waals surface area contributed by atoms with E-state index in [4.69, 9.17) is 9.47 Å². The van der Waals surface area contributed by atoms with Crippen LogP contribution in [0.25, 0.3) is 0 Å². The van der Waals surface area contributed by atoms with Gasteiger partial charge in [-0.1, -0.05) is 0 Å². The van der Waals surface area contributed by atoms with Crippen LogP contribution >= 0.6 is 0 Å². The minimum Gasteiger partial charge on any atom is -0.390 e. The van der Waals surface area contributed by atoms with Gasteiger partial charge in [-0.2, -0.15) is 0 Å². The van der Waals surface area contributed by atoms with E-state index in [0.717, 1.165) is 0 Å². The minimum absolute atomic E-state index is 0.106. The maximum Gasteiger partial charge on any atom is 0.166 e. The molecule has 15 heavy (non-hydrogen) atoms. The normalized spacial score (nSPS) is 44.9. The molecule has 1 saturated heterocycles. The highest BCUT2D eigenvalue weighted by atomic mass is 16.8. The van der Waals surface area contributed by atoms with Crippen LogP contribution in [0.15, 0.2) is 0 Å². The summed E-state index contributed by atoms with van der Waals surface area (Å²) in [5.74, 6) is -1.10. The molecule has 3 atom stereocenters. The number of Topliss-reactive ketones (excluding diaryl/α,β-unsaturated/α-hetero) is 1. The first-order valence-corrected chi connectivity index (χ1v) is 5.07. The lowest BCUT2D eigenvalue weighted by atomic mass is 9.81. The van der Waals surface area contributed by atoms with E-state index in [1.807, 2.05) is 0 Å². The fourth-order valence-corrected chi connectivity index (χ4v) is 2.27. The van der Waals surface area contributed by atoms with Crippen molar-refractivity contribution in [2.24, 2.45) is 0 Å². The van der Waals surface area contributed by atoms with Gasteiger partial charge in [0.25, 0.3) is 0 Å². The molecule has 0 aromatic heterocycles. The summed E-state index contributed by atoms with van der Waals surface area (Å²) in [6.07, 6.45) is -1.98. The maximum absolute atomic E-state index is 11.4. The number of ether oxygens (including phenoxy) is 2. The average molecular weight is 216 g/mol. The Morgan fingerprint density at radius 1 is 1.40 bits per heavy atom. The molecule has 1 aliphatic heterocycles. The molecule has 2 rings (SSSR count). The third-order valence-electron chi connectivity index (χ3n) is 2.92. The summed E-state index contributed by atoms with van der Waals surface area (Å²) in [7, 11) is 0. The largest absolute Gasteiger partial charge is 0.390 e. The molecule has 0 unspecified atom stereocenters. The van der Waals surface area contributed by atoms with Crippen molar-refractivity contribution < 1.29 is 24.5 Å². The summed E-state index contributed by atoms with van der Waals surface area (Å²) in [4.78, 5) is 11.4. The Kier molecular flexibility index (Phi) is 2.38. The molecule has 2 aliphatic rings. The highest BCUT2D eigenvalue weighted by molar-refractivity contribution is 5.85. The van der Waals surface area contributed by atoms with Crippen LogP contribution in [0.4, 0.5) is 0 Å². The smallest absolute Gasteiger partial charge is 0.166 e. The third-order valence-corrected chi connectivity index (χ3v) is 2.92. The molecular formula is C10H16O5. The van der Waals surface area contributed by atoms with Crippen LogP contribution in [0.3, 0.4) is 0 Å². The lowest BCUT2D eigenvalue weighted by Gasteiger charge is -2.36. The van der Waals surface area contributed by atoms with Gasteiger partial charge in [0.15, 0.2) is 11.6 Å². The van der Waals surface area contributed by atoms with E-state index in [1.54, 1.807) is 13.8 Å². The van der Waals surface area contributed by atoms with Gasteiger partial charge >= 0.3 is 0 Å². The fraction of sp³-hybridized carbons (Fsp3) is 0.900. The average Bonchev–Trinajstić information content (AvgIpc) is 2.38. The molecule has 2 fully saturated rings. The number of aliphatic hydroxyl groups is 2. The molecule has 2 N–H and O–H groups in total. The van der Waals surface area contributed by atoms with Crippen molar-refractivity contribution in [3.63, 3.8) is 0 Å². The van der Waals surface area contributed by atoms with Crippen molar-refractivity contribution in [2.45, 2.75) is 50.3 Å². The molecule has 86 valence electrons. The summed E-state index contributed by atoms with van der Waals surface area (Å²) in [6.45, 7) is 3.82. The summed E-state index contributed by atoms with van der Waals surface area (Å²) in [6, 6.07) is 0. The maximum atomic E-state index is 11.4. The molecule has 1 heterocycles. The van der Waals surface area contributed by atoms with Crippen molar-refractivity contribution in [3.05, 3.63) is 0 Å². The van der Waals surface area contributed by atoms with E-state index < -0.39 is 23.6 Å². The Hall–Kier alpha value is -0.490. The first-order valence-electron chi connectivity index (χ1n) is 5.07. The Balaban J connectivity index is 2.15. The zero-order valence-electron chi connectivity index (χ0n) is 8.90. The lowest BCUT2D eigenvalue weighted by molar-refractivity contribution is -0.185. The zero-order valence-corrected chi connectivity index (χ0v) is 8.90. The third kappa shape index (κ3) is 1.92. The van der Waals surface area contributed by atoms with Gasteiger partial charge in [0.2, 0.25) is 0 Å². The van der Waals surface area contributed by atoms with Crippen LogP contribution in [-0.2, 0) is 14.3 Å². The van der Waals surface area contributed by atoms with Gasteiger partial charge in [-0.3, -0.25) is 4.79 Å². The van der Waals surface area contributed by atoms with Crippen LogP contribution in [0.2, 0.25) is 0 Å². The molecule has 0 aromatic rings. The molecule has 0 radical (unpaired) electrons. The zero-order chi connectivity index (χ0) is 11.3. The Morgan fingerprint density at radius 2 is 2.07 bits per heavy atom.